The summed E-state index contributed by atoms with van der Waals surface area (Å²) < 4.78 is 1.87. The number of hydrogen-bond donors (Lipinski definition) is 2. The maximum atomic E-state index is 12.6. The summed E-state index contributed by atoms with van der Waals surface area (Å²) in [5.74, 6) is 0.236. The second kappa shape index (κ2) is 6.80. The SMILES string of the molecule is CC(NC(=O)C(C)C(N)c1ccccc1)c1nnc2ccccn12. The van der Waals surface area contributed by atoms with Crippen molar-refractivity contribution in [2.24, 2.45) is 11.7 Å². The molecule has 6 nitrogen and oxygen atoms in total. The van der Waals surface area contributed by atoms with Crippen LogP contribution in [0.4, 0.5) is 0 Å². The molecule has 2 aromatic heterocycles. The highest BCUT2D eigenvalue weighted by molar-refractivity contribution is 5.79. The van der Waals surface area contributed by atoms with Gasteiger partial charge in [-0.25, -0.2) is 0 Å². The van der Waals surface area contributed by atoms with Crippen LogP contribution in [0.1, 0.15) is 37.3 Å². The highest BCUT2D eigenvalue weighted by atomic mass is 16.2. The van der Waals surface area contributed by atoms with Gasteiger partial charge in [-0.05, 0) is 24.6 Å². The Morgan fingerprint density at radius 1 is 1.08 bits per heavy atom. The molecule has 1 amide bonds. The molecule has 3 N–H and O–H groups in total. The van der Waals surface area contributed by atoms with Crippen molar-refractivity contribution in [3.63, 3.8) is 0 Å². The normalized spacial score (nSPS) is 15.0. The van der Waals surface area contributed by atoms with Gasteiger partial charge in [0.2, 0.25) is 5.91 Å². The van der Waals surface area contributed by atoms with Gasteiger partial charge in [0.15, 0.2) is 11.5 Å². The first kappa shape index (κ1) is 16.1. The number of hydrogen-bond acceptors (Lipinski definition) is 4. The van der Waals surface area contributed by atoms with Crippen LogP contribution in [0.25, 0.3) is 5.65 Å². The van der Waals surface area contributed by atoms with Crippen molar-refractivity contribution in [1.29, 1.82) is 0 Å². The van der Waals surface area contributed by atoms with Gasteiger partial charge in [-0.2, -0.15) is 0 Å². The maximum Gasteiger partial charge on any atom is 0.225 e. The van der Waals surface area contributed by atoms with E-state index >= 15 is 0 Å². The number of benzene rings is 1. The first-order valence-corrected chi connectivity index (χ1v) is 7.98. The van der Waals surface area contributed by atoms with E-state index in [2.05, 4.69) is 15.5 Å². The third-order valence-electron chi connectivity index (χ3n) is 4.22. The molecule has 3 unspecified atom stereocenters. The average Bonchev–Trinajstić information content (AvgIpc) is 3.05. The minimum absolute atomic E-state index is 0.105. The molecule has 0 bridgehead atoms. The molecule has 3 rings (SSSR count). The molecule has 0 fully saturated rings. The van der Waals surface area contributed by atoms with Gasteiger partial charge in [0.05, 0.1) is 12.0 Å². The second-order valence-electron chi connectivity index (χ2n) is 5.94. The Labute approximate surface area is 140 Å². The number of carbonyl (C=O) groups excluding carboxylic acids is 1. The quantitative estimate of drug-likeness (QED) is 0.754. The Morgan fingerprint density at radius 2 is 1.79 bits per heavy atom. The number of pyridine rings is 1. The van der Waals surface area contributed by atoms with Crippen LogP contribution in [0.3, 0.4) is 0 Å². The minimum Gasteiger partial charge on any atom is -0.346 e. The molecule has 0 spiro atoms. The predicted molar refractivity (Wildman–Crippen MR) is 92.1 cm³/mol. The Morgan fingerprint density at radius 3 is 2.54 bits per heavy atom. The maximum absolute atomic E-state index is 12.6. The van der Waals surface area contributed by atoms with E-state index in [1.54, 1.807) is 0 Å². The predicted octanol–water partition coefficient (Wildman–Crippen LogP) is 2.24. The topological polar surface area (TPSA) is 85.3 Å². The highest BCUT2D eigenvalue weighted by Gasteiger charge is 2.24. The molecule has 124 valence electrons. The zero-order valence-electron chi connectivity index (χ0n) is 13.8. The van der Waals surface area contributed by atoms with Crippen LogP contribution in [-0.2, 0) is 4.79 Å². The summed E-state index contributed by atoms with van der Waals surface area (Å²) >= 11 is 0. The molecule has 0 aliphatic carbocycles. The van der Waals surface area contributed by atoms with Gasteiger partial charge in [-0.3, -0.25) is 9.20 Å². The number of nitrogens with two attached hydrogens (primary N) is 1. The van der Waals surface area contributed by atoms with Crippen molar-refractivity contribution < 1.29 is 4.79 Å². The smallest absolute Gasteiger partial charge is 0.225 e. The van der Waals surface area contributed by atoms with Crippen molar-refractivity contribution in [2.45, 2.75) is 25.9 Å². The molecule has 0 aliphatic heterocycles. The fraction of sp³-hybridized carbons (Fsp3) is 0.278. The molecular formula is C18H21N5O. The van der Waals surface area contributed by atoms with Crippen molar-refractivity contribution in [3.8, 4) is 0 Å². The zero-order chi connectivity index (χ0) is 17.1. The molecule has 0 saturated carbocycles. The van der Waals surface area contributed by atoms with Crippen LogP contribution in [0.2, 0.25) is 0 Å². The monoisotopic (exact) mass is 323 g/mol. The van der Waals surface area contributed by atoms with Crippen LogP contribution in [-0.4, -0.2) is 20.5 Å². The van der Waals surface area contributed by atoms with E-state index in [9.17, 15) is 4.79 Å². The average molecular weight is 323 g/mol. The second-order valence-corrected chi connectivity index (χ2v) is 5.94. The van der Waals surface area contributed by atoms with Gasteiger partial charge in [0.1, 0.15) is 0 Å². The molecule has 3 atom stereocenters. The lowest BCUT2D eigenvalue weighted by Gasteiger charge is -2.22. The number of aromatic nitrogens is 3. The molecular weight excluding hydrogens is 302 g/mol. The third-order valence-corrected chi connectivity index (χ3v) is 4.22. The van der Waals surface area contributed by atoms with Gasteiger partial charge >= 0.3 is 0 Å². The number of nitrogens with one attached hydrogen (secondary N) is 1. The Kier molecular flexibility index (Phi) is 4.57. The lowest BCUT2D eigenvalue weighted by molar-refractivity contribution is -0.125. The van der Waals surface area contributed by atoms with Gasteiger partial charge in [0.25, 0.3) is 0 Å². The third kappa shape index (κ3) is 3.14. The lowest BCUT2D eigenvalue weighted by Crippen LogP contribution is -2.37. The van der Waals surface area contributed by atoms with E-state index in [4.69, 9.17) is 5.73 Å². The van der Waals surface area contributed by atoms with Gasteiger partial charge in [0, 0.05) is 12.2 Å². The fourth-order valence-corrected chi connectivity index (χ4v) is 2.69. The zero-order valence-corrected chi connectivity index (χ0v) is 13.8. The van der Waals surface area contributed by atoms with Crippen LogP contribution >= 0.6 is 0 Å². The van der Waals surface area contributed by atoms with Crippen LogP contribution in [0, 0.1) is 5.92 Å². The number of fused-ring (bicyclic) bond motifs is 1. The summed E-state index contributed by atoms with van der Waals surface area (Å²) in [5.41, 5.74) is 7.93. The Hall–Kier alpha value is -2.73. The van der Waals surface area contributed by atoms with Crippen LogP contribution in [0.15, 0.2) is 54.7 Å². The Bertz CT molecular complexity index is 830. The Balaban J connectivity index is 1.72. The lowest BCUT2D eigenvalue weighted by atomic mass is 9.94. The van der Waals surface area contributed by atoms with Crippen molar-refractivity contribution in [3.05, 3.63) is 66.1 Å². The van der Waals surface area contributed by atoms with Crippen molar-refractivity contribution >= 4 is 11.6 Å². The largest absolute Gasteiger partial charge is 0.346 e. The molecule has 6 heteroatoms. The number of amides is 1. The summed E-state index contributed by atoms with van der Waals surface area (Å²) in [6.07, 6.45) is 1.88. The summed E-state index contributed by atoms with van der Waals surface area (Å²) in [6, 6.07) is 14.7. The van der Waals surface area contributed by atoms with E-state index in [0.717, 1.165) is 11.2 Å². The molecule has 3 aromatic rings. The van der Waals surface area contributed by atoms with E-state index in [1.807, 2.05) is 73.0 Å². The molecule has 1 aromatic carbocycles. The molecule has 2 heterocycles. The van der Waals surface area contributed by atoms with Crippen molar-refractivity contribution in [2.75, 3.05) is 0 Å². The van der Waals surface area contributed by atoms with Crippen LogP contribution < -0.4 is 11.1 Å². The fourth-order valence-electron chi connectivity index (χ4n) is 2.69. The standard InChI is InChI=1S/C18H21N5O/c1-12(16(19)14-8-4-3-5-9-14)18(24)20-13(2)17-22-21-15-10-6-7-11-23(15)17/h3-13,16H,19H2,1-2H3,(H,20,24). The first-order valence-electron chi connectivity index (χ1n) is 7.98. The van der Waals surface area contributed by atoms with Crippen molar-refractivity contribution in [1.82, 2.24) is 19.9 Å². The number of rotatable bonds is 5. The molecule has 0 radical (unpaired) electrons. The van der Waals surface area contributed by atoms with E-state index in [0.29, 0.717) is 5.82 Å². The molecule has 0 saturated heterocycles. The van der Waals surface area contributed by atoms with E-state index in [-0.39, 0.29) is 23.9 Å². The summed E-state index contributed by atoms with van der Waals surface area (Å²) in [5, 5.41) is 11.3. The summed E-state index contributed by atoms with van der Waals surface area (Å²) in [4.78, 5) is 12.6. The molecule has 24 heavy (non-hydrogen) atoms. The van der Waals surface area contributed by atoms with E-state index < -0.39 is 0 Å². The minimum atomic E-state index is -0.353. The van der Waals surface area contributed by atoms with Crippen LogP contribution in [0.5, 0.6) is 0 Å². The molecule has 0 aliphatic rings. The number of nitrogens with zero attached hydrogens (tertiary/aromatic N) is 3. The highest BCUT2D eigenvalue weighted by Crippen LogP contribution is 2.20. The summed E-state index contributed by atoms with van der Waals surface area (Å²) in [7, 11) is 0. The number of carbonyl (C=O) groups is 1. The van der Waals surface area contributed by atoms with Gasteiger partial charge < -0.3 is 11.1 Å². The summed E-state index contributed by atoms with van der Waals surface area (Å²) in [6.45, 7) is 3.73. The van der Waals surface area contributed by atoms with E-state index in [1.165, 1.54) is 0 Å². The van der Waals surface area contributed by atoms with Gasteiger partial charge in [-0.15, -0.1) is 10.2 Å². The van der Waals surface area contributed by atoms with Gasteiger partial charge in [-0.1, -0.05) is 43.3 Å². The first-order chi connectivity index (χ1) is 11.6.